The molecule has 4 atom stereocenters. The van der Waals surface area contributed by atoms with Crippen molar-refractivity contribution < 1.29 is 23.8 Å². The highest BCUT2D eigenvalue weighted by Crippen LogP contribution is 2.54. The van der Waals surface area contributed by atoms with Gasteiger partial charge in [0, 0.05) is 17.4 Å². The van der Waals surface area contributed by atoms with Crippen molar-refractivity contribution in [1.82, 2.24) is 0 Å². The molecule has 1 N–H and O–H groups in total. The Morgan fingerprint density at radius 2 is 1.93 bits per heavy atom. The van der Waals surface area contributed by atoms with E-state index in [9.17, 15) is 14.3 Å². The number of fused-ring (bicyclic) bond motifs is 3. The van der Waals surface area contributed by atoms with E-state index in [1.165, 1.54) is 12.1 Å². The molecule has 0 spiro atoms. The average molecular weight is 413 g/mol. The van der Waals surface area contributed by atoms with Gasteiger partial charge in [-0.1, -0.05) is 38.0 Å². The third-order valence-electron chi connectivity index (χ3n) is 6.62. The van der Waals surface area contributed by atoms with Crippen LogP contribution in [0, 0.1) is 11.7 Å². The van der Waals surface area contributed by atoms with Crippen LogP contribution in [0.4, 0.5) is 4.39 Å². The minimum absolute atomic E-state index is 0.0255. The number of ether oxygens (including phenoxy) is 2. The van der Waals surface area contributed by atoms with Gasteiger partial charge in [0.25, 0.3) is 0 Å². The number of hydrogen-bond acceptors (Lipinski definition) is 3. The van der Waals surface area contributed by atoms with Crippen molar-refractivity contribution in [3.63, 3.8) is 0 Å². The summed E-state index contributed by atoms with van der Waals surface area (Å²) in [5.74, 6) is -0.337. The first-order valence-electron chi connectivity index (χ1n) is 10.8. The Hall–Kier alpha value is -2.40. The van der Waals surface area contributed by atoms with Gasteiger partial charge in [-0.3, -0.25) is 0 Å². The largest absolute Gasteiger partial charge is 0.487 e. The Morgan fingerprint density at radius 1 is 1.20 bits per heavy atom. The summed E-state index contributed by atoms with van der Waals surface area (Å²) in [6.07, 6.45) is 3.83. The lowest BCUT2D eigenvalue weighted by Gasteiger charge is -2.51. The summed E-state index contributed by atoms with van der Waals surface area (Å²) < 4.78 is 26.5. The van der Waals surface area contributed by atoms with E-state index in [4.69, 9.17) is 9.47 Å². The third-order valence-corrected chi connectivity index (χ3v) is 6.62. The fourth-order valence-electron chi connectivity index (χ4n) is 4.95. The molecule has 0 amide bonds. The number of unbranched alkanes of at least 4 members (excludes halogenated alkanes) is 1. The lowest BCUT2D eigenvalue weighted by atomic mass is 9.69. The Labute approximate surface area is 177 Å². The third kappa shape index (κ3) is 3.83. The molecule has 5 heteroatoms. The summed E-state index contributed by atoms with van der Waals surface area (Å²) in [5, 5.41) is 9.35. The maximum atomic E-state index is 13.5. The van der Waals surface area contributed by atoms with Crippen molar-refractivity contribution in [1.29, 1.82) is 0 Å². The number of hydrogen-bond donors (Lipinski definition) is 1. The molecular formula is C25H29FO4. The maximum Gasteiger partial charge on any atom is 0.335 e. The molecular weight excluding hydrogens is 383 g/mol. The van der Waals surface area contributed by atoms with Gasteiger partial charge in [0.15, 0.2) is 0 Å². The van der Waals surface area contributed by atoms with E-state index in [0.29, 0.717) is 5.75 Å². The van der Waals surface area contributed by atoms with E-state index in [0.717, 1.165) is 36.8 Å². The van der Waals surface area contributed by atoms with Crippen LogP contribution in [0.5, 0.6) is 5.75 Å². The molecule has 1 saturated heterocycles. The van der Waals surface area contributed by atoms with Crippen molar-refractivity contribution in [2.45, 2.75) is 70.2 Å². The van der Waals surface area contributed by atoms with Crippen molar-refractivity contribution in [2.24, 2.45) is 5.92 Å². The summed E-state index contributed by atoms with van der Waals surface area (Å²) in [6.45, 7) is 6.25. The predicted octanol–water partition coefficient (Wildman–Crippen LogP) is 6.12. The first-order valence-corrected chi connectivity index (χ1v) is 10.8. The number of benzene rings is 2. The molecule has 2 aromatic rings. The summed E-state index contributed by atoms with van der Waals surface area (Å²) in [7, 11) is 0. The number of halogens is 1. The summed E-state index contributed by atoms with van der Waals surface area (Å²) >= 11 is 0. The molecule has 0 aromatic heterocycles. The summed E-state index contributed by atoms with van der Waals surface area (Å²) in [6, 6.07) is 11.8. The van der Waals surface area contributed by atoms with E-state index in [1.807, 2.05) is 32.0 Å². The van der Waals surface area contributed by atoms with Crippen LogP contribution in [0.25, 0.3) is 0 Å². The second-order valence-electron chi connectivity index (χ2n) is 9.00. The fourth-order valence-corrected chi connectivity index (χ4v) is 4.95. The van der Waals surface area contributed by atoms with Gasteiger partial charge in [0.05, 0.1) is 17.8 Å². The van der Waals surface area contributed by atoms with Crippen LogP contribution < -0.4 is 4.74 Å². The topological polar surface area (TPSA) is 55.8 Å². The van der Waals surface area contributed by atoms with E-state index in [2.05, 4.69) is 6.92 Å². The molecule has 2 aliphatic heterocycles. The number of carboxylic acid groups (broad SMARTS) is 1. The normalized spacial score (nSPS) is 26.9. The molecule has 2 heterocycles. The second-order valence-corrected chi connectivity index (χ2v) is 9.00. The number of carboxylic acids is 1. The fraction of sp³-hybridized carbons (Fsp3) is 0.480. The highest BCUT2D eigenvalue weighted by molar-refractivity contribution is 5.88. The zero-order valence-corrected chi connectivity index (χ0v) is 17.7. The minimum atomic E-state index is -0.969. The van der Waals surface area contributed by atoms with Crippen LogP contribution in [0.15, 0.2) is 42.5 Å². The van der Waals surface area contributed by atoms with Gasteiger partial charge in [-0.2, -0.15) is 0 Å². The molecule has 0 bridgehead atoms. The number of carbonyl (C=O) groups is 1. The maximum absolute atomic E-state index is 13.5. The van der Waals surface area contributed by atoms with Gasteiger partial charge < -0.3 is 14.6 Å². The second kappa shape index (κ2) is 8.03. The molecule has 4 nitrogen and oxygen atoms in total. The van der Waals surface area contributed by atoms with E-state index >= 15 is 0 Å². The molecule has 0 saturated carbocycles. The standard InChI is InChI=1S/C25H29FO4/c1-4-5-6-21-19(15-7-10-17(26)11-8-15)14-20-23(29-21)18-12-9-16(24(27)28)13-22(18)30-25(20,2)3/h7-13,19-21,23H,4-6,14H2,1-3H3,(H,27,28)/t19-,20+,21+,23-/m1/s1. The number of rotatable bonds is 5. The lowest BCUT2D eigenvalue weighted by molar-refractivity contribution is -0.160. The highest BCUT2D eigenvalue weighted by atomic mass is 19.1. The SMILES string of the molecule is CCCC[C@@H]1O[C@@H]2c3ccc(C(=O)O)cc3OC(C)(C)[C@H]2C[C@@H]1c1ccc(F)cc1. The van der Waals surface area contributed by atoms with Gasteiger partial charge in [0.2, 0.25) is 0 Å². The van der Waals surface area contributed by atoms with Gasteiger partial charge >= 0.3 is 5.97 Å². The van der Waals surface area contributed by atoms with E-state index < -0.39 is 11.6 Å². The summed E-state index contributed by atoms with van der Waals surface area (Å²) in [5.41, 5.74) is 1.72. The molecule has 0 aliphatic carbocycles. The van der Waals surface area contributed by atoms with Crippen LogP contribution in [-0.2, 0) is 4.74 Å². The highest BCUT2D eigenvalue weighted by Gasteiger charge is 2.50. The van der Waals surface area contributed by atoms with Crippen molar-refractivity contribution in [3.05, 3.63) is 65.0 Å². The Bertz CT molecular complexity index is 921. The van der Waals surface area contributed by atoms with Crippen LogP contribution in [-0.4, -0.2) is 22.8 Å². The molecule has 4 rings (SSSR count). The first-order chi connectivity index (χ1) is 14.3. The van der Waals surface area contributed by atoms with Crippen LogP contribution in [0.3, 0.4) is 0 Å². The summed E-state index contributed by atoms with van der Waals surface area (Å²) in [4.78, 5) is 11.4. The van der Waals surface area contributed by atoms with Gasteiger partial charge in [-0.25, -0.2) is 9.18 Å². The lowest BCUT2D eigenvalue weighted by Crippen LogP contribution is -2.50. The van der Waals surface area contributed by atoms with Gasteiger partial charge in [0.1, 0.15) is 17.2 Å². The molecule has 30 heavy (non-hydrogen) atoms. The van der Waals surface area contributed by atoms with E-state index in [1.54, 1.807) is 12.1 Å². The Kier molecular flexibility index (Phi) is 5.58. The average Bonchev–Trinajstić information content (AvgIpc) is 2.71. The van der Waals surface area contributed by atoms with Crippen LogP contribution in [0.1, 0.15) is 80.0 Å². The van der Waals surface area contributed by atoms with Crippen LogP contribution in [0.2, 0.25) is 0 Å². The molecule has 2 aromatic carbocycles. The molecule has 0 radical (unpaired) electrons. The monoisotopic (exact) mass is 412 g/mol. The number of aromatic carboxylic acids is 1. The Morgan fingerprint density at radius 3 is 2.60 bits per heavy atom. The Balaban J connectivity index is 1.71. The van der Waals surface area contributed by atoms with Crippen LogP contribution >= 0.6 is 0 Å². The quantitative estimate of drug-likeness (QED) is 0.643. The van der Waals surface area contributed by atoms with Crippen molar-refractivity contribution in [2.75, 3.05) is 0 Å². The minimum Gasteiger partial charge on any atom is -0.487 e. The smallest absolute Gasteiger partial charge is 0.335 e. The van der Waals surface area contributed by atoms with E-state index in [-0.39, 0.29) is 35.4 Å². The molecule has 2 aliphatic rings. The van der Waals surface area contributed by atoms with Gasteiger partial charge in [-0.05, 0) is 56.5 Å². The van der Waals surface area contributed by atoms with Crippen molar-refractivity contribution in [3.8, 4) is 5.75 Å². The zero-order valence-electron chi connectivity index (χ0n) is 17.7. The molecule has 160 valence electrons. The van der Waals surface area contributed by atoms with Gasteiger partial charge in [-0.15, -0.1) is 0 Å². The first kappa shape index (κ1) is 20.9. The molecule has 0 unspecified atom stereocenters. The molecule has 1 fully saturated rings. The predicted molar refractivity (Wildman–Crippen MR) is 112 cm³/mol. The zero-order chi connectivity index (χ0) is 21.5. The van der Waals surface area contributed by atoms with Crippen molar-refractivity contribution >= 4 is 5.97 Å².